The summed E-state index contributed by atoms with van der Waals surface area (Å²) >= 11 is 0. The molecule has 0 aliphatic heterocycles. The number of nitrogens with zero attached hydrogens (tertiary/aromatic N) is 1. The molecule has 0 aliphatic rings. The molecule has 3 aromatic rings. The summed E-state index contributed by atoms with van der Waals surface area (Å²) in [4.78, 5) is 23.9. The van der Waals surface area contributed by atoms with Crippen LogP contribution in [0.3, 0.4) is 0 Å². The van der Waals surface area contributed by atoms with Crippen LogP contribution in [0.2, 0.25) is 0 Å². The Bertz CT molecular complexity index is 898. The third kappa shape index (κ3) is 3.15. The number of aromatic nitrogens is 1. The molecule has 0 saturated carbocycles. The molecule has 0 aliphatic carbocycles. The number of nitrogens with one attached hydrogen (secondary N) is 2. The number of amides is 2. The smallest absolute Gasteiger partial charge is 0.268 e. The van der Waals surface area contributed by atoms with Crippen molar-refractivity contribution in [3.63, 3.8) is 0 Å². The Morgan fingerprint density at radius 3 is 2.75 bits per heavy atom. The van der Waals surface area contributed by atoms with Crippen molar-refractivity contribution >= 4 is 22.9 Å². The molecule has 0 atom stereocenters. The van der Waals surface area contributed by atoms with Gasteiger partial charge in [-0.2, -0.15) is 0 Å². The van der Waals surface area contributed by atoms with Gasteiger partial charge in [-0.3, -0.25) is 9.59 Å². The van der Waals surface area contributed by atoms with E-state index in [2.05, 4.69) is 10.6 Å². The lowest BCUT2D eigenvalue weighted by Gasteiger charge is -2.08. The maximum Gasteiger partial charge on any atom is 0.268 e. The Kier molecular flexibility index (Phi) is 4.33. The molecule has 124 valence electrons. The molecule has 3 rings (SSSR count). The zero-order valence-electron chi connectivity index (χ0n) is 13.0. The fourth-order valence-corrected chi connectivity index (χ4v) is 2.42. The lowest BCUT2D eigenvalue weighted by molar-refractivity contribution is -0.120. The van der Waals surface area contributed by atoms with E-state index in [1.165, 1.54) is 6.07 Å². The highest BCUT2D eigenvalue weighted by molar-refractivity contribution is 5.99. The van der Waals surface area contributed by atoms with E-state index in [0.29, 0.717) is 16.8 Å². The lowest BCUT2D eigenvalue weighted by atomic mass is 10.2. The van der Waals surface area contributed by atoms with Crippen LogP contribution in [0.5, 0.6) is 0 Å². The summed E-state index contributed by atoms with van der Waals surface area (Å²) in [7, 11) is 1.74. The van der Waals surface area contributed by atoms with Gasteiger partial charge in [0.05, 0.1) is 18.3 Å². The Hall–Kier alpha value is -3.09. The van der Waals surface area contributed by atoms with Crippen LogP contribution in [0.1, 0.15) is 16.1 Å². The third-order valence-corrected chi connectivity index (χ3v) is 3.74. The number of rotatable bonds is 5. The number of furan rings is 1. The molecule has 2 aromatic heterocycles. The van der Waals surface area contributed by atoms with Gasteiger partial charge in [0.1, 0.15) is 11.5 Å². The highest BCUT2D eigenvalue weighted by atomic mass is 19.1. The van der Waals surface area contributed by atoms with Gasteiger partial charge < -0.3 is 19.6 Å². The number of fused-ring (bicyclic) bond motifs is 1. The molecule has 0 saturated heterocycles. The quantitative estimate of drug-likeness (QED) is 0.751. The highest BCUT2D eigenvalue weighted by Gasteiger charge is 2.15. The molecule has 2 amide bonds. The second kappa shape index (κ2) is 6.57. The summed E-state index contributed by atoms with van der Waals surface area (Å²) in [6, 6.07) is 9.56. The van der Waals surface area contributed by atoms with Gasteiger partial charge in [-0.15, -0.1) is 0 Å². The third-order valence-electron chi connectivity index (χ3n) is 3.74. The van der Waals surface area contributed by atoms with Gasteiger partial charge in [0.15, 0.2) is 5.58 Å². The van der Waals surface area contributed by atoms with Gasteiger partial charge in [-0.25, -0.2) is 4.39 Å². The van der Waals surface area contributed by atoms with E-state index in [4.69, 9.17) is 4.42 Å². The Labute approximate surface area is 137 Å². The minimum absolute atomic E-state index is 0.0679. The first-order valence-corrected chi connectivity index (χ1v) is 7.37. The van der Waals surface area contributed by atoms with Crippen LogP contribution in [0.25, 0.3) is 11.1 Å². The van der Waals surface area contributed by atoms with E-state index in [0.717, 1.165) is 5.52 Å². The lowest BCUT2D eigenvalue weighted by Crippen LogP contribution is -2.37. The number of benzene rings is 1. The zero-order chi connectivity index (χ0) is 17.1. The fraction of sp³-hybridized carbons (Fsp3) is 0.176. The van der Waals surface area contributed by atoms with Crippen molar-refractivity contribution in [2.24, 2.45) is 7.05 Å². The Balaban J connectivity index is 1.54. The largest absolute Gasteiger partial charge is 0.463 e. The summed E-state index contributed by atoms with van der Waals surface area (Å²) in [5, 5.41) is 5.10. The van der Waals surface area contributed by atoms with Crippen LogP contribution in [0, 0.1) is 5.82 Å². The predicted octanol–water partition coefficient (Wildman–Crippen LogP) is 1.96. The molecule has 0 spiro atoms. The zero-order valence-corrected chi connectivity index (χ0v) is 13.0. The molecule has 0 unspecified atom stereocenters. The van der Waals surface area contributed by atoms with Gasteiger partial charge in [0.2, 0.25) is 5.91 Å². The molecule has 2 heterocycles. The summed E-state index contributed by atoms with van der Waals surface area (Å²) in [5.41, 5.74) is 2.18. The van der Waals surface area contributed by atoms with Crippen LogP contribution in [0.4, 0.5) is 4.39 Å². The Morgan fingerprint density at radius 2 is 2.00 bits per heavy atom. The maximum atomic E-state index is 13.5. The summed E-state index contributed by atoms with van der Waals surface area (Å²) in [6.07, 6.45) is 1.54. The van der Waals surface area contributed by atoms with Crippen LogP contribution in [-0.4, -0.2) is 22.9 Å². The molecule has 2 N–H and O–H groups in total. The minimum Gasteiger partial charge on any atom is -0.463 e. The summed E-state index contributed by atoms with van der Waals surface area (Å²) in [6.45, 7) is -0.127. The second-order valence-corrected chi connectivity index (χ2v) is 5.31. The van der Waals surface area contributed by atoms with E-state index < -0.39 is 5.91 Å². The van der Waals surface area contributed by atoms with Gasteiger partial charge >= 0.3 is 0 Å². The van der Waals surface area contributed by atoms with Crippen LogP contribution < -0.4 is 10.6 Å². The van der Waals surface area contributed by atoms with Gasteiger partial charge in [0, 0.05) is 31.3 Å². The molecule has 6 nitrogen and oxygen atoms in total. The molecule has 0 fully saturated rings. The van der Waals surface area contributed by atoms with Crippen molar-refractivity contribution < 1.29 is 18.4 Å². The van der Waals surface area contributed by atoms with Crippen molar-refractivity contribution in [3.8, 4) is 0 Å². The molecular formula is C17H16FN3O3. The van der Waals surface area contributed by atoms with Crippen LogP contribution in [-0.2, 0) is 18.4 Å². The average Bonchev–Trinajstić information content (AvgIpc) is 3.15. The highest BCUT2D eigenvalue weighted by Crippen LogP contribution is 2.19. The minimum atomic E-state index is -0.399. The fourth-order valence-electron chi connectivity index (χ4n) is 2.42. The number of carbonyl (C=O) groups excluding carboxylic acids is 2. The summed E-state index contributed by atoms with van der Waals surface area (Å²) < 4.78 is 20.4. The standard InChI is InChI=1S/C17H16FN3O3/c1-21-13-6-7-24-15(13)8-14(21)17(23)20-10-16(22)19-9-11-4-2-3-5-12(11)18/h2-8H,9-10H2,1H3,(H,19,22)(H,20,23). The topological polar surface area (TPSA) is 76.3 Å². The van der Waals surface area contributed by atoms with Gasteiger partial charge in [-0.05, 0) is 6.07 Å². The van der Waals surface area contributed by atoms with Crippen molar-refractivity contribution in [1.82, 2.24) is 15.2 Å². The van der Waals surface area contributed by atoms with E-state index in [-0.39, 0.29) is 24.8 Å². The van der Waals surface area contributed by atoms with Gasteiger partial charge in [-0.1, -0.05) is 18.2 Å². The Morgan fingerprint density at radius 1 is 1.21 bits per heavy atom. The number of hydrogen-bond donors (Lipinski definition) is 2. The number of aryl methyl sites for hydroxylation is 1. The molecule has 24 heavy (non-hydrogen) atoms. The molecular weight excluding hydrogens is 313 g/mol. The van der Waals surface area contributed by atoms with Crippen LogP contribution in [0.15, 0.2) is 47.1 Å². The average molecular weight is 329 g/mol. The second-order valence-electron chi connectivity index (χ2n) is 5.31. The first kappa shape index (κ1) is 15.8. The molecule has 0 bridgehead atoms. The normalized spacial score (nSPS) is 10.8. The van der Waals surface area contributed by atoms with Crippen molar-refractivity contribution in [3.05, 3.63) is 59.7 Å². The maximum absolute atomic E-state index is 13.5. The van der Waals surface area contributed by atoms with Crippen molar-refractivity contribution in [2.45, 2.75) is 6.54 Å². The monoisotopic (exact) mass is 329 g/mol. The van der Waals surface area contributed by atoms with E-state index in [9.17, 15) is 14.0 Å². The SMILES string of the molecule is Cn1c(C(=O)NCC(=O)NCc2ccccc2F)cc2occc21. The first-order valence-electron chi connectivity index (χ1n) is 7.37. The molecule has 7 heteroatoms. The first-order chi connectivity index (χ1) is 11.6. The van der Waals surface area contributed by atoms with E-state index >= 15 is 0 Å². The number of carbonyl (C=O) groups is 2. The van der Waals surface area contributed by atoms with Gasteiger partial charge in [0.25, 0.3) is 5.91 Å². The van der Waals surface area contributed by atoms with Crippen molar-refractivity contribution in [1.29, 1.82) is 0 Å². The number of halogens is 1. The predicted molar refractivity (Wildman–Crippen MR) is 85.8 cm³/mol. The molecule has 1 aromatic carbocycles. The van der Waals surface area contributed by atoms with Crippen LogP contribution >= 0.6 is 0 Å². The molecule has 0 radical (unpaired) electrons. The van der Waals surface area contributed by atoms with E-state index in [1.54, 1.807) is 48.2 Å². The summed E-state index contributed by atoms with van der Waals surface area (Å²) in [5.74, 6) is -1.16. The number of hydrogen-bond acceptors (Lipinski definition) is 3. The van der Waals surface area contributed by atoms with Crippen molar-refractivity contribution in [2.75, 3.05) is 6.54 Å². The van der Waals surface area contributed by atoms with E-state index in [1.807, 2.05) is 0 Å².